The van der Waals surface area contributed by atoms with Gasteiger partial charge in [0.15, 0.2) is 0 Å². The molecule has 4 rings (SSSR count). The third-order valence-corrected chi connectivity index (χ3v) is 7.33. The van der Waals surface area contributed by atoms with E-state index in [0.717, 1.165) is 4.31 Å². The Labute approximate surface area is 194 Å². The number of nitrogens with one attached hydrogen (secondary N) is 1. The van der Waals surface area contributed by atoms with Crippen LogP contribution in [0.2, 0.25) is 10.0 Å². The highest BCUT2D eigenvalue weighted by atomic mass is 35.5. The number of benzene rings is 3. The number of hydrogen-bond acceptors (Lipinski definition) is 5. The van der Waals surface area contributed by atoms with Crippen molar-refractivity contribution in [2.24, 2.45) is 0 Å². The van der Waals surface area contributed by atoms with Crippen molar-refractivity contribution < 1.29 is 22.7 Å². The van der Waals surface area contributed by atoms with Crippen molar-refractivity contribution >= 4 is 56.5 Å². The van der Waals surface area contributed by atoms with E-state index in [2.05, 4.69) is 5.32 Å². The molecule has 0 saturated heterocycles. The van der Waals surface area contributed by atoms with Gasteiger partial charge in [-0.25, -0.2) is 8.42 Å². The second-order valence-corrected chi connectivity index (χ2v) is 9.52. The predicted octanol–water partition coefficient (Wildman–Crippen LogP) is 4.51. The molecule has 0 spiro atoms. The number of amides is 1. The monoisotopic (exact) mass is 490 g/mol. The molecule has 0 bridgehead atoms. The smallest absolute Gasteiger partial charge is 0.313 e. The van der Waals surface area contributed by atoms with E-state index in [1.54, 1.807) is 54.6 Å². The molecule has 0 aromatic heterocycles. The van der Waals surface area contributed by atoms with Gasteiger partial charge in [-0.15, -0.1) is 0 Å². The van der Waals surface area contributed by atoms with Crippen LogP contribution in [0.25, 0.3) is 0 Å². The van der Waals surface area contributed by atoms with Crippen molar-refractivity contribution in [2.75, 3.05) is 9.62 Å². The van der Waals surface area contributed by atoms with Gasteiger partial charge in [0, 0.05) is 0 Å². The second kappa shape index (κ2) is 8.82. The predicted molar refractivity (Wildman–Crippen MR) is 122 cm³/mol. The van der Waals surface area contributed by atoms with E-state index in [0.29, 0.717) is 5.69 Å². The molecule has 32 heavy (non-hydrogen) atoms. The summed E-state index contributed by atoms with van der Waals surface area (Å²) in [7, 11) is -4.29. The van der Waals surface area contributed by atoms with Crippen molar-refractivity contribution in [1.82, 2.24) is 0 Å². The number of carbonyl (C=O) groups is 2. The lowest BCUT2D eigenvalue weighted by Gasteiger charge is -2.36. The Morgan fingerprint density at radius 1 is 0.969 bits per heavy atom. The molecule has 7 nitrogen and oxygen atoms in total. The lowest BCUT2D eigenvalue weighted by atomic mass is 10.1. The Bertz CT molecular complexity index is 1300. The molecule has 164 valence electrons. The van der Waals surface area contributed by atoms with Gasteiger partial charge in [0.2, 0.25) is 5.91 Å². The molecule has 3 aromatic rings. The summed E-state index contributed by atoms with van der Waals surface area (Å²) in [5.74, 6) is -1.13. The maximum Gasteiger partial charge on any atom is 0.313 e. The summed E-state index contributed by atoms with van der Waals surface area (Å²) in [6, 6.07) is 17.2. The average Bonchev–Trinajstić information content (AvgIpc) is 2.76. The zero-order valence-corrected chi connectivity index (χ0v) is 18.7. The molecule has 1 aliphatic rings. The average molecular weight is 491 g/mol. The first kappa shape index (κ1) is 22.1. The zero-order chi connectivity index (χ0) is 22.9. The molecular formula is C22H16Cl2N2O5S. The standard InChI is InChI=1S/C22H16Cl2N2O5S/c23-16-11-10-15(12-17(16)24)32(29,30)26-19-9-5-4-8-18(19)25-22(28)20(26)13-21(27)31-14-6-2-1-3-7-14/h1-12,20H,13H2,(H,25,28)/t20-/m1/s1. The largest absolute Gasteiger partial charge is 0.426 e. The van der Waals surface area contributed by atoms with E-state index in [9.17, 15) is 18.0 Å². The van der Waals surface area contributed by atoms with Crippen LogP contribution in [0, 0.1) is 0 Å². The number of halogens is 2. The van der Waals surface area contributed by atoms with Gasteiger partial charge in [0.05, 0.1) is 32.7 Å². The van der Waals surface area contributed by atoms with Crippen molar-refractivity contribution in [3.63, 3.8) is 0 Å². The van der Waals surface area contributed by atoms with Gasteiger partial charge in [-0.1, -0.05) is 53.5 Å². The summed E-state index contributed by atoms with van der Waals surface area (Å²) in [4.78, 5) is 25.3. The molecule has 0 saturated carbocycles. The van der Waals surface area contributed by atoms with E-state index in [1.807, 2.05) is 0 Å². The third kappa shape index (κ3) is 4.29. The van der Waals surface area contributed by atoms with Crippen LogP contribution in [0.15, 0.2) is 77.7 Å². The summed E-state index contributed by atoms with van der Waals surface area (Å²) < 4.78 is 33.4. The fraction of sp³-hybridized carbons (Fsp3) is 0.0909. The van der Waals surface area contributed by atoms with Crippen LogP contribution in [-0.4, -0.2) is 26.3 Å². The number of rotatable bonds is 5. The molecule has 0 unspecified atom stereocenters. The van der Waals surface area contributed by atoms with E-state index >= 15 is 0 Å². The molecule has 1 amide bonds. The van der Waals surface area contributed by atoms with Crippen LogP contribution in [0.5, 0.6) is 5.75 Å². The molecule has 1 N–H and O–H groups in total. The minimum Gasteiger partial charge on any atom is -0.426 e. The first-order chi connectivity index (χ1) is 15.3. The highest BCUT2D eigenvalue weighted by Gasteiger charge is 2.42. The Morgan fingerprint density at radius 2 is 1.66 bits per heavy atom. The number of anilines is 2. The minimum atomic E-state index is -4.29. The van der Waals surface area contributed by atoms with Gasteiger partial charge in [0.25, 0.3) is 10.0 Å². The number of ether oxygens (including phenoxy) is 1. The normalized spacial score (nSPS) is 15.6. The molecule has 0 radical (unpaired) electrons. The van der Waals surface area contributed by atoms with Gasteiger partial charge in [-0.05, 0) is 42.5 Å². The SMILES string of the molecule is O=C(C[C@@H]1C(=O)Nc2ccccc2N1S(=O)(=O)c1ccc(Cl)c(Cl)c1)Oc1ccccc1. The van der Waals surface area contributed by atoms with Gasteiger partial charge < -0.3 is 10.1 Å². The minimum absolute atomic E-state index is 0.0440. The lowest BCUT2D eigenvalue weighted by Crippen LogP contribution is -2.52. The Morgan fingerprint density at radius 3 is 2.38 bits per heavy atom. The van der Waals surface area contributed by atoms with E-state index in [4.69, 9.17) is 27.9 Å². The fourth-order valence-corrected chi connectivity index (χ4v) is 5.33. The highest BCUT2D eigenvalue weighted by molar-refractivity contribution is 7.93. The summed E-state index contributed by atoms with van der Waals surface area (Å²) in [6.07, 6.45) is -0.504. The van der Waals surface area contributed by atoms with Crippen molar-refractivity contribution in [3.8, 4) is 5.75 Å². The molecule has 1 aliphatic heterocycles. The van der Waals surface area contributed by atoms with Crippen molar-refractivity contribution in [1.29, 1.82) is 0 Å². The molecular weight excluding hydrogens is 475 g/mol. The summed E-state index contributed by atoms with van der Waals surface area (Å²) in [6.45, 7) is 0. The van der Waals surface area contributed by atoms with Crippen LogP contribution >= 0.6 is 23.2 Å². The number of esters is 1. The number of carbonyl (C=O) groups excluding carboxylic acids is 2. The third-order valence-electron chi connectivity index (χ3n) is 4.77. The first-order valence-corrected chi connectivity index (χ1v) is 11.6. The van der Waals surface area contributed by atoms with Crippen molar-refractivity contribution in [3.05, 3.63) is 82.8 Å². The Kier molecular flexibility index (Phi) is 6.10. The summed E-state index contributed by atoms with van der Waals surface area (Å²) >= 11 is 12.0. The summed E-state index contributed by atoms with van der Waals surface area (Å²) in [5.41, 5.74) is 0.518. The topological polar surface area (TPSA) is 92.8 Å². The summed E-state index contributed by atoms with van der Waals surface area (Å²) in [5, 5.41) is 2.88. The second-order valence-electron chi connectivity index (χ2n) is 6.89. The van der Waals surface area contributed by atoms with Crippen molar-refractivity contribution in [2.45, 2.75) is 17.4 Å². The van der Waals surface area contributed by atoms with Gasteiger partial charge in [0.1, 0.15) is 11.8 Å². The number of fused-ring (bicyclic) bond motifs is 1. The zero-order valence-electron chi connectivity index (χ0n) is 16.4. The maximum atomic E-state index is 13.6. The van der Waals surface area contributed by atoms with Crippen LogP contribution in [0.4, 0.5) is 11.4 Å². The molecule has 0 aliphatic carbocycles. The molecule has 0 fully saturated rings. The van der Waals surface area contributed by atoms with E-state index in [-0.39, 0.29) is 26.4 Å². The Balaban J connectivity index is 1.75. The molecule has 3 aromatic carbocycles. The van der Waals surface area contributed by atoms with Crippen LogP contribution in [0.1, 0.15) is 6.42 Å². The van der Waals surface area contributed by atoms with Gasteiger partial charge in [-0.2, -0.15) is 0 Å². The maximum absolute atomic E-state index is 13.6. The quantitative estimate of drug-likeness (QED) is 0.419. The van der Waals surface area contributed by atoms with E-state index < -0.39 is 34.4 Å². The Hall–Kier alpha value is -3.07. The lowest BCUT2D eigenvalue weighted by molar-refractivity contribution is -0.136. The number of para-hydroxylation sites is 3. The first-order valence-electron chi connectivity index (χ1n) is 9.42. The van der Waals surface area contributed by atoms with E-state index in [1.165, 1.54) is 18.2 Å². The number of hydrogen-bond donors (Lipinski definition) is 1. The van der Waals surface area contributed by atoms with Gasteiger partial charge >= 0.3 is 5.97 Å². The highest BCUT2D eigenvalue weighted by Crippen LogP contribution is 2.38. The van der Waals surface area contributed by atoms with Gasteiger partial charge in [-0.3, -0.25) is 13.9 Å². The molecule has 1 heterocycles. The molecule has 10 heteroatoms. The van der Waals surface area contributed by atoms with Crippen LogP contribution in [0.3, 0.4) is 0 Å². The van der Waals surface area contributed by atoms with Crippen LogP contribution < -0.4 is 14.4 Å². The number of nitrogens with zero attached hydrogens (tertiary/aromatic N) is 1. The number of sulfonamides is 1. The van der Waals surface area contributed by atoms with Crippen LogP contribution in [-0.2, 0) is 19.6 Å². The molecule has 1 atom stereocenters. The fourth-order valence-electron chi connectivity index (χ4n) is 3.30.